The van der Waals surface area contributed by atoms with Gasteiger partial charge < -0.3 is 9.84 Å². The Hall–Kier alpha value is -1.45. The Labute approximate surface area is 117 Å². The van der Waals surface area contributed by atoms with Crippen LogP contribution in [0.4, 0.5) is 0 Å². The first-order valence-corrected chi connectivity index (χ1v) is 7.43. The lowest BCUT2D eigenvalue weighted by Gasteiger charge is -2.25. The minimum absolute atomic E-state index is 0.120. The molecule has 2 aromatic carbocycles. The zero-order chi connectivity index (χ0) is 13.1. The van der Waals surface area contributed by atoms with Crippen LogP contribution in [0.15, 0.2) is 53.4 Å². The van der Waals surface area contributed by atoms with Gasteiger partial charge in [-0.3, -0.25) is 0 Å². The van der Waals surface area contributed by atoms with E-state index in [0.29, 0.717) is 5.75 Å². The summed E-state index contributed by atoms with van der Waals surface area (Å²) in [6.45, 7) is 0.781. The van der Waals surface area contributed by atoms with Crippen LogP contribution in [0.3, 0.4) is 0 Å². The molecule has 0 saturated carbocycles. The first kappa shape index (κ1) is 12.6. The Morgan fingerprint density at radius 2 is 1.89 bits per heavy atom. The van der Waals surface area contributed by atoms with Crippen LogP contribution in [0.2, 0.25) is 0 Å². The monoisotopic (exact) mass is 272 g/mol. The molecule has 2 aromatic rings. The molecule has 3 rings (SSSR count). The molecule has 1 unspecified atom stereocenters. The van der Waals surface area contributed by atoms with Crippen molar-refractivity contribution in [2.24, 2.45) is 0 Å². The molecule has 0 aliphatic carbocycles. The summed E-state index contributed by atoms with van der Waals surface area (Å²) in [4.78, 5) is 0.911. The maximum Gasteiger partial charge on any atom is 0.129 e. The van der Waals surface area contributed by atoms with Crippen LogP contribution in [-0.2, 0) is 11.2 Å². The number of ether oxygens (including phenoxy) is 1. The molecule has 1 atom stereocenters. The standard InChI is InChI=1S/C16H16O2S/c17-14-7-3-4-8-16(14)19-11-15-13-6-2-1-5-12(13)9-10-18-15/h1-8,15,17H,9-11H2. The summed E-state index contributed by atoms with van der Waals surface area (Å²) in [5.74, 6) is 1.17. The quantitative estimate of drug-likeness (QED) is 0.862. The molecule has 98 valence electrons. The van der Waals surface area contributed by atoms with Gasteiger partial charge in [0.2, 0.25) is 0 Å². The van der Waals surface area contributed by atoms with Crippen molar-refractivity contribution >= 4 is 11.8 Å². The number of hydrogen-bond acceptors (Lipinski definition) is 3. The van der Waals surface area contributed by atoms with Gasteiger partial charge in [-0.05, 0) is 29.7 Å². The summed E-state index contributed by atoms with van der Waals surface area (Å²) in [5.41, 5.74) is 2.67. The highest BCUT2D eigenvalue weighted by molar-refractivity contribution is 7.99. The summed E-state index contributed by atoms with van der Waals surface area (Å²) in [7, 11) is 0. The van der Waals surface area contributed by atoms with Gasteiger partial charge >= 0.3 is 0 Å². The smallest absolute Gasteiger partial charge is 0.129 e. The molecule has 0 amide bonds. The van der Waals surface area contributed by atoms with E-state index in [0.717, 1.165) is 23.7 Å². The van der Waals surface area contributed by atoms with Gasteiger partial charge in [-0.2, -0.15) is 0 Å². The zero-order valence-corrected chi connectivity index (χ0v) is 11.4. The summed E-state index contributed by atoms with van der Waals surface area (Å²) in [6, 6.07) is 15.9. The molecule has 0 radical (unpaired) electrons. The van der Waals surface area contributed by atoms with Crippen LogP contribution >= 0.6 is 11.8 Å². The Morgan fingerprint density at radius 1 is 1.11 bits per heavy atom. The number of phenols is 1. The van der Waals surface area contributed by atoms with Crippen molar-refractivity contribution in [3.8, 4) is 5.75 Å². The molecule has 0 saturated heterocycles. The van der Waals surface area contributed by atoms with Crippen molar-refractivity contribution < 1.29 is 9.84 Å². The van der Waals surface area contributed by atoms with Gasteiger partial charge in [-0.15, -0.1) is 11.8 Å². The third kappa shape index (κ3) is 2.77. The summed E-state index contributed by atoms with van der Waals surface area (Å²) in [5, 5.41) is 9.77. The van der Waals surface area contributed by atoms with Crippen LogP contribution < -0.4 is 0 Å². The molecular formula is C16H16O2S. The molecule has 0 bridgehead atoms. The van der Waals surface area contributed by atoms with Crippen LogP contribution in [0.1, 0.15) is 17.2 Å². The number of phenolic OH excluding ortho intramolecular Hbond substituents is 1. The lowest BCUT2D eigenvalue weighted by molar-refractivity contribution is 0.0588. The molecule has 0 spiro atoms. The van der Waals surface area contributed by atoms with Crippen LogP contribution in [0.25, 0.3) is 0 Å². The number of para-hydroxylation sites is 1. The lowest BCUT2D eigenvalue weighted by atomic mass is 9.99. The van der Waals surface area contributed by atoms with Gasteiger partial charge in [0.1, 0.15) is 5.75 Å². The van der Waals surface area contributed by atoms with Crippen molar-refractivity contribution in [1.29, 1.82) is 0 Å². The van der Waals surface area contributed by atoms with E-state index < -0.39 is 0 Å². The van der Waals surface area contributed by atoms with E-state index in [1.54, 1.807) is 17.8 Å². The fourth-order valence-electron chi connectivity index (χ4n) is 2.36. The zero-order valence-electron chi connectivity index (χ0n) is 10.6. The third-order valence-corrected chi connectivity index (χ3v) is 4.47. The number of hydrogen-bond donors (Lipinski definition) is 1. The van der Waals surface area contributed by atoms with Gasteiger partial charge in [0, 0.05) is 10.6 Å². The van der Waals surface area contributed by atoms with Gasteiger partial charge in [-0.1, -0.05) is 36.4 Å². The van der Waals surface area contributed by atoms with Gasteiger partial charge in [0.25, 0.3) is 0 Å². The Kier molecular flexibility index (Phi) is 3.76. The molecule has 3 heteroatoms. The largest absolute Gasteiger partial charge is 0.507 e. The van der Waals surface area contributed by atoms with Crippen molar-refractivity contribution in [2.75, 3.05) is 12.4 Å². The van der Waals surface area contributed by atoms with E-state index in [1.807, 2.05) is 18.2 Å². The van der Waals surface area contributed by atoms with E-state index in [-0.39, 0.29) is 6.10 Å². The predicted octanol–water partition coefficient (Wildman–Crippen LogP) is 3.80. The molecule has 0 aromatic heterocycles. The number of thioether (sulfide) groups is 1. The second kappa shape index (κ2) is 5.68. The van der Waals surface area contributed by atoms with Gasteiger partial charge in [0.15, 0.2) is 0 Å². The highest BCUT2D eigenvalue weighted by atomic mass is 32.2. The first-order chi connectivity index (χ1) is 9.34. The van der Waals surface area contributed by atoms with E-state index >= 15 is 0 Å². The van der Waals surface area contributed by atoms with Crippen molar-refractivity contribution in [1.82, 2.24) is 0 Å². The number of fused-ring (bicyclic) bond motifs is 1. The van der Waals surface area contributed by atoms with E-state index in [9.17, 15) is 5.11 Å². The molecule has 19 heavy (non-hydrogen) atoms. The average Bonchev–Trinajstić information content (AvgIpc) is 2.46. The fourth-order valence-corrected chi connectivity index (χ4v) is 3.36. The highest BCUT2D eigenvalue weighted by Crippen LogP contribution is 2.35. The Bertz CT molecular complexity index is 568. The van der Waals surface area contributed by atoms with Crippen LogP contribution in [-0.4, -0.2) is 17.5 Å². The molecule has 1 aliphatic heterocycles. The van der Waals surface area contributed by atoms with Gasteiger partial charge in [0.05, 0.1) is 12.7 Å². The van der Waals surface area contributed by atoms with E-state index in [2.05, 4.69) is 24.3 Å². The number of aromatic hydroxyl groups is 1. The molecule has 2 nitrogen and oxygen atoms in total. The van der Waals surface area contributed by atoms with Crippen LogP contribution in [0.5, 0.6) is 5.75 Å². The molecule has 0 fully saturated rings. The average molecular weight is 272 g/mol. The number of benzene rings is 2. The van der Waals surface area contributed by atoms with Crippen molar-refractivity contribution in [2.45, 2.75) is 17.4 Å². The summed E-state index contributed by atoms with van der Waals surface area (Å²) < 4.78 is 5.86. The molecule has 1 aliphatic rings. The van der Waals surface area contributed by atoms with E-state index in [1.165, 1.54) is 11.1 Å². The SMILES string of the molecule is Oc1ccccc1SCC1OCCc2ccccc21. The Balaban J connectivity index is 1.73. The summed E-state index contributed by atoms with van der Waals surface area (Å²) in [6.07, 6.45) is 1.11. The fraction of sp³-hybridized carbons (Fsp3) is 0.250. The predicted molar refractivity (Wildman–Crippen MR) is 77.7 cm³/mol. The van der Waals surface area contributed by atoms with Crippen molar-refractivity contribution in [3.05, 3.63) is 59.7 Å². The Morgan fingerprint density at radius 3 is 2.79 bits per heavy atom. The van der Waals surface area contributed by atoms with Crippen molar-refractivity contribution in [3.63, 3.8) is 0 Å². The highest BCUT2D eigenvalue weighted by Gasteiger charge is 2.20. The second-order valence-corrected chi connectivity index (χ2v) is 5.65. The maximum absolute atomic E-state index is 9.77. The maximum atomic E-state index is 9.77. The minimum Gasteiger partial charge on any atom is -0.507 e. The summed E-state index contributed by atoms with van der Waals surface area (Å²) >= 11 is 1.64. The first-order valence-electron chi connectivity index (χ1n) is 6.45. The normalized spacial score (nSPS) is 18.0. The molecular weight excluding hydrogens is 256 g/mol. The molecule has 1 heterocycles. The lowest BCUT2D eigenvalue weighted by Crippen LogP contribution is -2.17. The van der Waals surface area contributed by atoms with Gasteiger partial charge in [-0.25, -0.2) is 0 Å². The number of rotatable bonds is 3. The third-order valence-electron chi connectivity index (χ3n) is 3.35. The van der Waals surface area contributed by atoms with Crippen LogP contribution in [0, 0.1) is 0 Å². The second-order valence-electron chi connectivity index (χ2n) is 4.59. The molecule has 1 N–H and O–H groups in total. The topological polar surface area (TPSA) is 29.5 Å². The minimum atomic E-state index is 0.120. The van der Waals surface area contributed by atoms with E-state index in [4.69, 9.17) is 4.74 Å².